The molecule has 0 aliphatic heterocycles. The van der Waals surface area contributed by atoms with Crippen molar-refractivity contribution in [3.8, 4) is 11.8 Å². The largest absolute Gasteiger partial charge is 0.320 e. The van der Waals surface area contributed by atoms with Crippen LogP contribution in [-0.4, -0.2) is 33.5 Å². The highest BCUT2D eigenvalue weighted by Gasteiger charge is 2.16. The van der Waals surface area contributed by atoms with Gasteiger partial charge in [0.1, 0.15) is 0 Å². The van der Waals surface area contributed by atoms with E-state index in [0.717, 1.165) is 5.75 Å². The highest BCUT2D eigenvalue weighted by molar-refractivity contribution is 7.98. The van der Waals surface area contributed by atoms with Crippen LogP contribution in [0, 0.1) is 18.8 Å². The number of aryl methyl sites for hydroxylation is 1. The van der Waals surface area contributed by atoms with Crippen molar-refractivity contribution in [3.05, 3.63) is 29.3 Å². The van der Waals surface area contributed by atoms with E-state index in [9.17, 15) is 8.42 Å². The van der Waals surface area contributed by atoms with Gasteiger partial charge in [0.2, 0.25) is 10.0 Å². The standard InChI is InChI=1S/C13H18N2O2S2/c1-11-5-6-12(4-3-7-14)10-13(11)19(16,17)15-8-9-18-2/h5-6,10,15H,7-9,14H2,1-2H3. The lowest BCUT2D eigenvalue weighted by molar-refractivity contribution is 0.583. The third-order valence-electron chi connectivity index (χ3n) is 2.41. The summed E-state index contributed by atoms with van der Waals surface area (Å²) in [6.45, 7) is 2.44. The Morgan fingerprint density at radius 3 is 2.79 bits per heavy atom. The van der Waals surface area contributed by atoms with Gasteiger partial charge in [0.15, 0.2) is 0 Å². The number of sulfonamides is 1. The Morgan fingerprint density at radius 2 is 2.16 bits per heavy atom. The van der Waals surface area contributed by atoms with E-state index in [1.54, 1.807) is 36.9 Å². The Bertz CT molecular complexity index is 586. The molecule has 19 heavy (non-hydrogen) atoms. The molecule has 0 aliphatic rings. The normalized spacial score (nSPS) is 10.9. The molecule has 6 heteroatoms. The van der Waals surface area contributed by atoms with Gasteiger partial charge in [0, 0.05) is 17.9 Å². The average Bonchev–Trinajstić information content (AvgIpc) is 2.37. The van der Waals surface area contributed by atoms with Gasteiger partial charge in [0.25, 0.3) is 0 Å². The lowest BCUT2D eigenvalue weighted by Gasteiger charge is -2.09. The van der Waals surface area contributed by atoms with E-state index in [1.807, 2.05) is 6.26 Å². The van der Waals surface area contributed by atoms with Crippen LogP contribution in [0.1, 0.15) is 11.1 Å². The molecule has 3 N–H and O–H groups in total. The molecule has 0 amide bonds. The van der Waals surface area contributed by atoms with Crippen LogP contribution in [0.15, 0.2) is 23.1 Å². The molecule has 104 valence electrons. The van der Waals surface area contributed by atoms with Crippen molar-refractivity contribution in [2.75, 3.05) is 25.1 Å². The Labute approximate surface area is 119 Å². The van der Waals surface area contributed by atoms with Gasteiger partial charge < -0.3 is 5.73 Å². The summed E-state index contributed by atoms with van der Waals surface area (Å²) in [4.78, 5) is 0.275. The van der Waals surface area contributed by atoms with Crippen LogP contribution in [-0.2, 0) is 10.0 Å². The van der Waals surface area contributed by atoms with Crippen molar-refractivity contribution in [2.24, 2.45) is 5.73 Å². The first kappa shape index (κ1) is 16.1. The summed E-state index contributed by atoms with van der Waals surface area (Å²) in [5.74, 6) is 6.30. The Balaban J connectivity index is 3.04. The van der Waals surface area contributed by atoms with Crippen molar-refractivity contribution in [1.29, 1.82) is 0 Å². The van der Waals surface area contributed by atoms with Crippen molar-refractivity contribution in [2.45, 2.75) is 11.8 Å². The van der Waals surface area contributed by atoms with Gasteiger partial charge in [0.05, 0.1) is 11.4 Å². The molecular weight excluding hydrogens is 280 g/mol. The zero-order valence-electron chi connectivity index (χ0n) is 11.1. The van der Waals surface area contributed by atoms with E-state index in [0.29, 0.717) is 17.7 Å². The quantitative estimate of drug-likeness (QED) is 0.627. The smallest absolute Gasteiger partial charge is 0.240 e. The minimum Gasteiger partial charge on any atom is -0.320 e. The maximum Gasteiger partial charge on any atom is 0.240 e. The van der Waals surface area contributed by atoms with Gasteiger partial charge in [-0.25, -0.2) is 13.1 Å². The van der Waals surface area contributed by atoms with E-state index in [4.69, 9.17) is 5.73 Å². The van der Waals surface area contributed by atoms with Gasteiger partial charge in [-0.05, 0) is 30.9 Å². The van der Waals surface area contributed by atoms with Crippen LogP contribution in [0.3, 0.4) is 0 Å². The molecule has 0 unspecified atom stereocenters. The van der Waals surface area contributed by atoms with Crippen LogP contribution in [0.25, 0.3) is 0 Å². The fourth-order valence-electron chi connectivity index (χ4n) is 1.48. The minimum absolute atomic E-state index is 0.252. The predicted molar refractivity (Wildman–Crippen MR) is 80.7 cm³/mol. The first-order valence-electron chi connectivity index (χ1n) is 5.79. The second-order valence-electron chi connectivity index (χ2n) is 3.88. The molecule has 0 aromatic heterocycles. The van der Waals surface area contributed by atoms with Crippen molar-refractivity contribution >= 4 is 21.8 Å². The number of benzene rings is 1. The van der Waals surface area contributed by atoms with E-state index in [1.165, 1.54) is 0 Å². The SMILES string of the molecule is CSCCNS(=O)(=O)c1cc(C#CCN)ccc1C. The average molecular weight is 298 g/mol. The second-order valence-corrected chi connectivity index (χ2v) is 6.60. The van der Waals surface area contributed by atoms with Crippen LogP contribution in [0.4, 0.5) is 0 Å². The zero-order chi connectivity index (χ0) is 14.3. The zero-order valence-corrected chi connectivity index (χ0v) is 12.7. The lowest BCUT2D eigenvalue weighted by Crippen LogP contribution is -2.26. The van der Waals surface area contributed by atoms with Gasteiger partial charge >= 0.3 is 0 Å². The monoisotopic (exact) mass is 298 g/mol. The third-order valence-corrected chi connectivity index (χ3v) is 4.63. The second kappa shape index (κ2) is 7.56. The number of nitrogens with one attached hydrogen (secondary N) is 1. The maximum atomic E-state index is 12.2. The molecule has 1 aromatic carbocycles. The Morgan fingerprint density at radius 1 is 1.42 bits per heavy atom. The Kier molecular flexibility index (Phi) is 6.38. The van der Waals surface area contributed by atoms with Crippen molar-refractivity contribution in [1.82, 2.24) is 4.72 Å². The van der Waals surface area contributed by atoms with Gasteiger partial charge in [-0.1, -0.05) is 17.9 Å². The summed E-state index contributed by atoms with van der Waals surface area (Å²) in [7, 11) is -3.47. The fourth-order valence-corrected chi connectivity index (χ4v) is 3.21. The van der Waals surface area contributed by atoms with Crippen LogP contribution in [0.2, 0.25) is 0 Å². The summed E-state index contributed by atoms with van der Waals surface area (Å²) in [6, 6.07) is 5.13. The topological polar surface area (TPSA) is 72.2 Å². The molecule has 4 nitrogen and oxygen atoms in total. The molecule has 0 aliphatic carbocycles. The van der Waals surface area contributed by atoms with E-state index in [2.05, 4.69) is 16.6 Å². The van der Waals surface area contributed by atoms with Gasteiger partial charge in [-0.15, -0.1) is 0 Å². The molecule has 1 aromatic rings. The van der Waals surface area contributed by atoms with E-state index in [-0.39, 0.29) is 11.4 Å². The van der Waals surface area contributed by atoms with Crippen LogP contribution >= 0.6 is 11.8 Å². The number of rotatable bonds is 5. The highest BCUT2D eigenvalue weighted by Crippen LogP contribution is 2.16. The molecule has 0 saturated carbocycles. The summed E-state index contributed by atoms with van der Waals surface area (Å²) in [5.41, 5.74) is 6.66. The molecule has 0 spiro atoms. The number of nitrogens with two attached hydrogens (primary N) is 1. The molecule has 0 fully saturated rings. The van der Waals surface area contributed by atoms with Crippen molar-refractivity contribution in [3.63, 3.8) is 0 Å². The van der Waals surface area contributed by atoms with Crippen LogP contribution < -0.4 is 10.5 Å². The first-order valence-corrected chi connectivity index (χ1v) is 8.67. The molecule has 0 saturated heterocycles. The van der Waals surface area contributed by atoms with Crippen molar-refractivity contribution < 1.29 is 8.42 Å². The third kappa shape index (κ3) is 4.88. The first-order chi connectivity index (χ1) is 9.01. The molecule has 0 bridgehead atoms. The number of thioether (sulfide) groups is 1. The molecule has 0 radical (unpaired) electrons. The fraction of sp³-hybridized carbons (Fsp3) is 0.385. The lowest BCUT2D eigenvalue weighted by atomic mass is 10.1. The highest BCUT2D eigenvalue weighted by atomic mass is 32.2. The van der Waals surface area contributed by atoms with Gasteiger partial charge in [-0.2, -0.15) is 11.8 Å². The maximum absolute atomic E-state index is 12.2. The molecule has 0 atom stereocenters. The summed E-state index contributed by atoms with van der Waals surface area (Å²) >= 11 is 1.59. The summed E-state index contributed by atoms with van der Waals surface area (Å²) < 4.78 is 26.9. The molecule has 1 rings (SSSR count). The predicted octanol–water partition coefficient (Wildman–Crippen LogP) is 0.947. The summed E-state index contributed by atoms with van der Waals surface area (Å²) in [5, 5.41) is 0. The molecular formula is C13H18N2O2S2. The van der Waals surface area contributed by atoms with Crippen LogP contribution in [0.5, 0.6) is 0 Å². The van der Waals surface area contributed by atoms with E-state index >= 15 is 0 Å². The Hall–Kier alpha value is -1.00. The van der Waals surface area contributed by atoms with E-state index < -0.39 is 10.0 Å². The number of hydrogen-bond donors (Lipinski definition) is 2. The molecule has 0 heterocycles. The number of hydrogen-bond acceptors (Lipinski definition) is 4. The summed E-state index contributed by atoms with van der Waals surface area (Å²) in [6.07, 6.45) is 1.93. The minimum atomic E-state index is -3.47. The van der Waals surface area contributed by atoms with Gasteiger partial charge in [-0.3, -0.25) is 0 Å².